The molecule has 0 spiro atoms. The second-order valence-electron chi connectivity index (χ2n) is 6.73. The van der Waals surface area contributed by atoms with Crippen LogP contribution >= 0.6 is 23.2 Å². The second kappa shape index (κ2) is 9.20. The van der Waals surface area contributed by atoms with Crippen LogP contribution in [-0.2, 0) is 13.3 Å². The zero-order chi connectivity index (χ0) is 21.8. The van der Waals surface area contributed by atoms with Gasteiger partial charge in [-0.05, 0) is 42.3 Å². The lowest BCUT2D eigenvalue weighted by molar-refractivity contribution is 0.101. The lowest BCUT2D eigenvalue weighted by atomic mass is 10.2. The number of carbonyl (C=O) groups is 1. The van der Waals surface area contributed by atoms with Crippen molar-refractivity contribution in [2.24, 2.45) is 0 Å². The van der Waals surface area contributed by atoms with E-state index in [9.17, 15) is 4.79 Å². The summed E-state index contributed by atoms with van der Waals surface area (Å²) in [4.78, 5) is 16.6. The van der Waals surface area contributed by atoms with Gasteiger partial charge in [0.15, 0.2) is 12.4 Å². The first-order chi connectivity index (χ1) is 15.0. The van der Waals surface area contributed by atoms with E-state index in [1.54, 1.807) is 29.1 Å². The Balaban J connectivity index is 1.35. The Hall–Kier alpha value is -3.36. The Morgan fingerprint density at radius 1 is 1.10 bits per heavy atom. The summed E-state index contributed by atoms with van der Waals surface area (Å²) in [5, 5.41) is 12.2. The average Bonchev–Trinajstić information content (AvgIpc) is 3.39. The predicted molar refractivity (Wildman–Crippen MR) is 118 cm³/mol. The minimum Gasteiger partial charge on any atom is -0.471 e. The molecule has 0 aliphatic carbocycles. The van der Waals surface area contributed by atoms with Crippen molar-refractivity contribution in [2.45, 2.75) is 20.2 Å². The number of halogens is 2. The van der Waals surface area contributed by atoms with E-state index in [1.165, 1.54) is 11.0 Å². The van der Waals surface area contributed by atoms with E-state index < -0.39 is 5.91 Å². The summed E-state index contributed by atoms with van der Waals surface area (Å²) in [6.45, 7) is 2.54. The highest BCUT2D eigenvalue weighted by molar-refractivity contribution is 6.35. The SMILES string of the molecule is Cc1ccccc1OCn1ccc(C(=O)Nc2ncn(Cc3ccc(Cl)cc3Cl)n2)n1. The number of aryl methyl sites for hydroxylation is 1. The molecule has 2 aromatic carbocycles. The number of para-hydroxylation sites is 1. The maximum Gasteiger partial charge on any atom is 0.278 e. The molecule has 8 nitrogen and oxygen atoms in total. The van der Waals surface area contributed by atoms with Crippen LogP contribution in [0.5, 0.6) is 5.75 Å². The van der Waals surface area contributed by atoms with E-state index >= 15 is 0 Å². The van der Waals surface area contributed by atoms with Crippen molar-refractivity contribution in [3.05, 3.63) is 87.9 Å². The minimum absolute atomic E-state index is 0.167. The third-order valence-corrected chi connectivity index (χ3v) is 5.02. The predicted octanol–water partition coefficient (Wildman–Crippen LogP) is 4.43. The molecular weight excluding hydrogens is 439 g/mol. The van der Waals surface area contributed by atoms with Crippen LogP contribution in [0.3, 0.4) is 0 Å². The summed E-state index contributed by atoms with van der Waals surface area (Å²) in [6, 6.07) is 14.5. The Bertz CT molecular complexity index is 1220. The summed E-state index contributed by atoms with van der Waals surface area (Å²) in [6.07, 6.45) is 3.18. The van der Waals surface area contributed by atoms with E-state index in [1.807, 2.05) is 37.3 Å². The summed E-state index contributed by atoms with van der Waals surface area (Å²) in [7, 11) is 0. The normalized spacial score (nSPS) is 10.8. The number of amides is 1. The largest absolute Gasteiger partial charge is 0.471 e. The van der Waals surface area contributed by atoms with Crippen LogP contribution in [0.4, 0.5) is 5.95 Å². The lowest BCUT2D eigenvalue weighted by Crippen LogP contribution is -2.15. The summed E-state index contributed by atoms with van der Waals surface area (Å²) >= 11 is 12.1. The van der Waals surface area contributed by atoms with Gasteiger partial charge in [-0.2, -0.15) is 5.10 Å². The van der Waals surface area contributed by atoms with Gasteiger partial charge >= 0.3 is 0 Å². The molecule has 10 heteroatoms. The number of ether oxygens (including phenoxy) is 1. The van der Waals surface area contributed by atoms with Crippen LogP contribution in [0.15, 0.2) is 61.1 Å². The molecular formula is C21H18Cl2N6O2. The molecule has 0 aliphatic rings. The fraction of sp³-hybridized carbons (Fsp3) is 0.143. The van der Waals surface area contributed by atoms with Gasteiger partial charge in [0.1, 0.15) is 12.1 Å². The van der Waals surface area contributed by atoms with Crippen molar-refractivity contribution >= 4 is 35.1 Å². The number of benzene rings is 2. The molecule has 158 valence electrons. The number of anilines is 1. The van der Waals surface area contributed by atoms with Crippen molar-refractivity contribution in [3.8, 4) is 5.75 Å². The van der Waals surface area contributed by atoms with E-state index in [0.29, 0.717) is 16.6 Å². The molecule has 0 aliphatic heterocycles. The maximum absolute atomic E-state index is 12.5. The summed E-state index contributed by atoms with van der Waals surface area (Å²) < 4.78 is 8.84. The minimum atomic E-state index is -0.420. The number of aromatic nitrogens is 5. The standard InChI is InChI=1S/C21H18Cl2N6O2/c1-14-4-2-3-5-19(14)31-13-28-9-8-18(26-28)20(30)25-21-24-12-29(27-21)11-15-6-7-16(22)10-17(15)23/h2-10,12H,11,13H2,1H3,(H,25,27,30). The van der Waals surface area contributed by atoms with Gasteiger partial charge in [0.2, 0.25) is 5.95 Å². The Morgan fingerprint density at radius 3 is 2.74 bits per heavy atom. The van der Waals surface area contributed by atoms with E-state index in [4.69, 9.17) is 27.9 Å². The monoisotopic (exact) mass is 456 g/mol. The molecule has 0 radical (unpaired) electrons. The maximum atomic E-state index is 12.5. The van der Waals surface area contributed by atoms with E-state index in [-0.39, 0.29) is 18.4 Å². The highest BCUT2D eigenvalue weighted by Gasteiger charge is 2.13. The number of hydrogen-bond donors (Lipinski definition) is 1. The fourth-order valence-corrected chi connectivity index (χ4v) is 3.30. The van der Waals surface area contributed by atoms with Crippen LogP contribution in [0.1, 0.15) is 21.6 Å². The van der Waals surface area contributed by atoms with Crippen molar-refractivity contribution in [3.63, 3.8) is 0 Å². The van der Waals surface area contributed by atoms with Crippen LogP contribution in [0.25, 0.3) is 0 Å². The third-order valence-electron chi connectivity index (χ3n) is 4.43. The summed E-state index contributed by atoms with van der Waals surface area (Å²) in [5.41, 5.74) is 2.08. The highest BCUT2D eigenvalue weighted by Crippen LogP contribution is 2.21. The number of rotatable bonds is 7. The smallest absolute Gasteiger partial charge is 0.278 e. The molecule has 1 amide bonds. The lowest BCUT2D eigenvalue weighted by Gasteiger charge is -2.08. The summed E-state index contributed by atoms with van der Waals surface area (Å²) in [5.74, 6) is 0.511. The quantitative estimate of drug-likeness (QED) is 0.444. The fourth-order valence-electron chi connectivity index (χ4n) is 2.83. The third kappa shape index (κ3) is 5.22. The number of nitrogens with one attached hydrogen (secondary N) is 1. The Labute approximate surface area is 188 Å². The zero-order valence-electron chi connectivity index (χ0n) is 16.5. The topological polar surface area (TPSA) is 86.9 Å². The van der Waals surface area contributed by atoms with Crippen LogP contribution in [0.2, 0.25) is 10.0 Å². The Kier molecular flexibility index (Phi) is 6.20. The number of hydrogen-bond acceptors (Lipinski definition) is 5. The average molecular weight is 457 g/mol. The molecule has 0 saturated heterocycles. The molecule has 0 bridgehead atoms. The van der Waals surface area contributed by atoms with Gasteiger partial charge in [0.25, 0.3) is 5.91 Å². The van der Waals surface area contributed by atoms with Gasteiger partial charge in [-0.25, -0.2) is 14.3 Å². The van der Waals surface area contributed by atoms with E-state index in [0.717, 1.165) is 16.9 Å². The molecule has 2 heterocycles. The van der Waals surface area contributed by atoms with Crippen LogP contribution < -0.4 is 10.1 Å². The highest BCUT2D eigenvalue weighted by atomic mass is 35.5. The molecule has 1 N–H and O–H groups in total. The Morgan fingerprint density at radius 2 is 1.94 bits per heavy atom. The van der Waals surface area contributed by atoms with Gasteiger partial charge in [0, 0.05) is 16.2 Å². The molecule has 4 rings (SSSR count). The molecule has 2 aromatic heterocycles. The van der Waals surface area contributed by atoms with Gasteiger partial charge in [-0.3, -0.25) is 10.1 Å². The van der Waals surface area contributed by atoms with E-state index in [2.05, 4.69) is 20.5 Å². The zero-order valence-corrected chi connectivity index (χ0v) is 18.0. The van der Waals surface area contributed by atoms with Gasteiger partial charge in [-0.1, -0.05) is 47.5 Å². The van der Waals surface area contributed by atoms with Crippen LogP contribution in [0, 0.1) is 6.92 Å². The van der Waals surface area contributed by atoms with Crippen molar-refractivity contribution in [1.82, 2.24) is 24.5 Å². The number of nitrogens with zero attached hydrogens (tertiary/aromatic N) is 5. The first kappa shape index (κ1) is 20.9. The molecule has 0 saturated carbocycles. The number of carbonyl (C=O) groups excluding carboxylic acids is 1. The molecule has 0 atom stereocenters. The van der Waals surface area contributed by atoms with Gasteiger partial charge in [-0.15, -0.1) is 5.10 Å². The molecule has 0 fully saturated rings. The molecule has 31 heavy (non-hydrogen) atoms. The molecule has 4 aromatic rings. The second-order valence-corrected chi connectivity index (χ2v) is 7.58. The van der Waals surface area contributed by atoms with Gasteiger partial charge < -0.3 is 4.74 Å². The van der Waals surface area contributed by atoms with Crippen molar-refractivity contribution in [1.29, 1.82) is 0 Å². The first-order valence-electron chi connectivity index (χ1n) is 9.34. The van der Waals surface area contributed by atoms with Crippen molar-refractivity contribution in [2.75, 3.05) is 5.32 Å². The molecule has 0 unspecified atom stereocenters. The first-order valence-corrected chi connectivity index (χ1v) is 10.1. The van der Waals surface area contributed by atoms with Crippen LogP contribution in [-0.4, -0.2) is 30.5 Å². The van der Waals surface area contributed by atoms with Gasteiger partial charge in [0.05, 0.1) is 6.54 Å². The van der Waals surface area contributed by atoms with Crippen molar-refractivity contribution < 1.29 is 9.53 Å².